The molecule has 1 heterocycles. The van der Waals surface area contributed by atoms with E-state index in [0.717, 1.165) is 22.0 Å². The minimum absolute atomic E-state index is 0.0332. The molecular formula is C24H23FN2O5S. The summed E-state index contributed by atoms with van der Waals surface area (Å²) in [5.41, 5.74) is 1.08. The number of rotatable bonds is 7. The Morgan fingerprint density at radius 3 is 2.39 bits per heavy atom. The molecule has 7 nitrogen and oxygen atoms in total. The molecule has 0 unspecified atom stereocenters. The lowest BCUT2D eigenvalue weighted by atomic mass is 10.2. The first-order valence-electron chi connectivity index (χ1n) is 10.3. The van der Waals surface area contributed by atoms with Crippen molar-refractivity contribution in [3.05, 3.63) is 84.2 Å². The largest absolute Gasteiger partial charge is 0.486 e. The fourth-order valence-electron chi connectivity index (χ4n) is 3.34. The van der Waals surface area contributed by atoms with Crippen molar-refractivity contribution in [2.45, 2.75) is 17.9 Å². The van der Waals surface area contributed by atoms with Crippen molar-refractivity contribution >= 4 is 21.6 Å². The molecule has 0 aliphatic carbocycles. The van der Waals surface area contributed by atoms with E-state index >= 15 is 0 Å². The van der Waals surface area contributed by atoms with Crippen LogP contribution in [0.4, 0.5) is 10.1 Å². The molecule has 0 radical (unpaired) electrons. The molecule has 0 aromatic heterocycles. The van der Waals surface area contributed by atoms with Crippen LogP contribution in [0.15, 0.2) is 77.7 Å². The number of nitrogens with zero attached hydrogens (tertiary/aromatic N) is 1. The normalized spacial score (nSPS) is 15.0. The number of hydrogen-bond acceptors (Lipinski definition) is 5. The molecule has 0 spiro atoms. The van der Waals surface area contributed by atoms with Crippen LogP contribution in [0, 0.1) is 12.7 Å². The fourth-order valence-corrected chi connectivity index (χ4v) is 4.76. The molecular weight excluding hydrogens is 447 g/mol. The molecule has 33 heavy (non-hydrogen) atoms. The Morgan fingerprint density at radius 2 is 1.70 bits per heavy atom. The molecule has 4 rings (SSSR count). The third kappa shape index (κ3) is 5.25. The maximum Gasteiger partial charge on any atom is 0.264 e. The number of benzene rings is 3. The average Bonchev–Trinajstić information content (AvgIpc) is 2.82. The second-order valence-corrected chi connectivity index (χ2v) is 9.47. The zero-order valence-corrected chi connectivity index (χ0v) is 18.7. The lowest BCUT2D eigenvalue weighted by molar-refractivity contribution is -0.120. The predicted octanol–water partition coefficient (Wildman–Crippen LogP) is 3.29. The highest BCUT2D eigenvalue weighted by molar-refractivity contribution is 7.92. The van der Waals surface area contributed by atoms with E-state index in [0.29, 0.717) is 11.5 Å². The lowest BCUT2D eigenvalue weighted by Crippen LogP contribution is -2.45. The summed E-state index contributed by atoms with van der Waals surface area (Å²) in [5, 5.41) is 2.70. The van der Waals surface area contributed by atoms with E-state index in [4.69, 9.17) is 9.47 Å². The van der Waals surface area contributed by atoms with Gasteiger partial charge in [-0.2, -0.15) is 0 Å². The van der Waals surface area contributed by atoms with Gasteiger partial charge in [-0.25, -0.2) is 12.8 Å². The molecule has 0 saturated heterocycles. The van der Waals surface area contributed by atoms with Crippen LogP contribution < -0.4 is 19.1 Å². The van der Waals surface area contributed by atoms with Gasteiger partial charge >= 0.3 is 0 Å². The van der Waals surface area contributed by atoms with Crippen molar-refractivity contribution in [2.24, 2.45) is 0 Å². The van der Waals surface area contributed by atoms with Gasteiger partial charge in [0.15, 0.2) is 11.5 Å². The lowest BCUT2D eigenvalue weighted by Gasteiger charge is -2.27. The highest BCUT2D eigenvalue weighted by Gasteiger charge is 2.28. The topological polar surface area (TPSA) is 84.9 Å². The van der Waals surface area contributed by atoms with E-state index in [-0.39, 0.29) is 23.7 Å². The number of carbonyl (C=O) groups is 1. The number of carbonyl (C=O) groups excluding carboxylic acids is 1. The predicted molar refractivity (Wildman–Crippen MR) is 121 cm³/mol. The summed E-state index contributed by atoms with van der Waals surface area (Å²) < 4.78 is 52.5. The molecule has 1 aliphatic rings. The van der Waals surface area contributed by atoms with Crippen molar-refractivity contribution in [3.8, 4) is 11.5 Å². The van der Waals surface area contributed by atoms with E-state index in [2.05, 4.69) is 5.32 Å². The molecule has 0 fully saturated rings. The first-order chi connectivity index (χ1) is 15.8. The number of hydrogen-bond donors (Lipinski definition) is 1. The number of ether oxygens (including phenoxy) is 2. The molecule has 3 aromatic carbocycles. The molecule has 1 aliphatic heterocycles. The summed E-state index contributed by atoms with van der Waals surface area (Å²) in [6.07, 6.45) is -0.420. The van der Waals surface area contributed by atoms with Gasteiger partial charge in [0.2, 0.25) is 5.91 Å². The Kier molecular flexibility index (Phi) is 6.50. The Balaban J connectivity index is 1.49. The monoisotopic (exact) mass is 470 g/mol. The zero-order valence-electron chi connectivity index (χ0n) is 17.9. The number of anilines is 1. The second-order valence-electron chi connectivity index (χ2n) is 7.60. The smallest absolute Gasteiger partial charge is 0.264 e. The molecule has 172 valence electrons. The number of aryl methyl sites for hydroxylation is 1. The first kappa shape index (κ1) is 22.6. The number of sulfonamides is 1. The van der Waals surface area contributed by atoms with Gasteiger partial charge in [-0.15, -0.1) is 0 Å². The van der Waals surface area contributed by atoms with Crippen LogP contribution in [-0.4, -0.2) is 40.1 Å². The molecule has 1 atom stereocenters. The van der Waals surface area contributed by atoms with Gasteiger partial charge in [0.25, 0.3) is 10.0 Å². The van der Waals surface area contributed by atoms with Crippen LogP contribution in [0.5, 0.6) is 11.5 Å². The van der Waals surface area contributed by atoms with Crippen LogP contribution in [0.1, 0.15) is 5.56 Å². The van der Waals surface area contributed by atoms with Gasteiger partial charge in [-0.1, -0.05) is 29.8 Å². The molecule has 1 amide bonds. The highest BCUT2D eigenvalue weighted by atomic mass is 32.2. The van der Waals surface area contributed by atoms with Crippen LogP contribution in [0.25, 0.3) is 0 Å². The third-order valence-corrected chi connectivity index (χ3v) is 6.89. The van der Waals surface area contributed by atoms with Crippen molar-refractivity contribution in [3.63, 3.8) is 0 Å². The van der Waals surface area contributed by atoms with Gasteiger partial charge in [-0.05, 0) is 55.5 Å². The Labute approximate surface area is 191 Å². The zero-order chi connectivity index (χ0) is 23.4. The van der Waals surface area contributed by atoms with Crippen LogP contribution in [-0.2, 0) is 14.8 Å². The SMILES string of the molecule is Cc1ccc(S(=O)(=O)N(CC(=O)NC[C@@H]2COc3ccccc3O2)c2ccc(F)cc2)cc1. The number of halogens is 1. The number of para-hydroxylation sites is 2. The quantitative estimate of drug-likeness (QED) is 0.573. The first-order valence-corrected chi connectivity index (χ1v) is 11.8. The van der Waals surface area contributed by atoms with Crippen LogP contribution in [0.3, 0.4) is 0 Å². The van der Waals surface area contributed by atoms with Gasteiger partial charge in [0.05, 0.1) is 17.1 Å². The number of fused-ring (bicyclic) bond motifs is 1. The van der Waals surface area contributed by atoms with Crippen LogP contribution in [0.2, 0.25) is 0 Å². The highest BCUT2D eigenvalue weighted by Crippen LogP contribution is 2.30. The number of nitrogens with one attached hydrogen (secondary N) is 1. The molecule has 3 aromatic rings. The van der Waals surface area contributed by atoms with Gasteiger partial charge in [0, 0.05) is 0 Å². The summed E-state index contributed by atoms with van der Waals surface area (Å²) in [7, 11) is -4.07. The minimum Gasteiger partial charge on any atom is -0.486 e. The van der Waals surface area contributed by atoms with Crippen molar-refractivity contribution in [1.29, 1.82) is 0 Å². The summed E-state index contributed by atoms with van der Waals surface area (Å²) in [5.74, 6) is 0.174. The maximum atomic E-state index is 13.4. The van der Waals surface area contributed by atoms with Gasteiger partial charge in [0.1, 0.15) is 25.1 Å². The fraction of sp³-hybridized carbons (Fsp3) is 0.208. The molecule has 1 N–H and O–H groups in total. The maximum absolute atomic E-state index is 13.4. The third-order valence-electron chi connectivity index (χ3n) is 5.11. The Morgan fingerprint density at radius 1 is 1.03 bits per heavy atom. The van der Waals surface area contributed by atoms with E-state index in [1.165, 1.54) is 24.3 Å². The van der Waals surface area contributed by atoms with E-state index in [1.807, 2.05) is 19.1 Å². The summed E-state index contributed by atoms with van der Waals surface area (Å²) in [6, 6.07) is 18.5. The summed E-state index contributed by atoms with van der Waals surface area (Å²) >= 11 is 0. The Bertz CT molecular complexity index is 1230. The standard InChI is InChI=1S/C24H23FN2O5S/c1-17-6-12-21(13-7-17)33(29,30)27(19-10-8-18(25)9-11-19)15-24(28)26-14-20-16-31-22-4-2-3-5-23(22)32-20/h2-13,20H,14-16H2,1H3,(H,26,28)/t20-/m1/s1. The summed E-state index contributed by atoms with van der Waals surface area (Å²) in [4.78, 5) is 12.8. The Hall–Kier alpha value is -3.59. The second kappa shape index (κ2) is 9.50. The molecule has 9 heteroatoms. The average molecular weight is 471 g/mol. The van der Waals surface area contributed by atoms with E-state index in [1.54, 1.807) is 24.3 Å². The van der Waals surface area contributed by atoms with Crippen molar-refractivity contribution in [1.82, 2.24) is 5.32 Å². The van der Waals surface area contributed by atoms with E-state index in [9.17, 15) is 17.6 Å². The molecule has 0 saturated carbocycles. The van der Waals surface area contributed by atoms with Crippen LogP contribution >= 0.6 is 0 Å². The van der Waals surface area contributed by atoms with Crippen molar-refractivity contribution < 1.29 is 27.1 Å². The van der Waals surface area contributed by atoms with Gasteiger partial charge in [-0.3, -0.25) is 9.10 Å². The number of amides is 1. The molecule has 0 bridgehead atoms. The van der Waals surface area contributed by atoms with Crippen molar-refractivity contribution in [2.75, 3.05) is 24.0 Å². The minimum atomic E-state index is -4.07. The van der Waals surface area contributed by atoms with E-state index < -0.39 is 34.4 Å². The van der Waals surface area contributed by atoms with Gasteiger partial charge < -0.3 is 14.8 Å². The summed E-state index contributed by atoms with van der Waals surface area (Å²) in [6.45, 7) is 1.75.